The lowest BCUT2D eigenvalue weighted by atomic mass is 10.1. The van der Waals surface area contributed by atoms with Crippen LogP contribution in [0.3, 0.4) is 0 Å². The van der Waals surface area contributed by atoms with Gasteiger partial charge in [0.05, 0.1) is 13.5 Å². The van der Waals surface area contributed by atoms with Gasteiger partial charge in [-0.1, -0.05) is 44.8 Å². The summed E-state index contributed by atoms with van der Waals surface area (Å²) < 4.78 is 13.6. The first-order chi connectivity index (χ1) is 9.61. The molecule has 0 bridgehead atoms. The Labute approximate surface area is 123 Å². The van der Waals surface area contributed by atoms with Gasteiger partial charge in [-0.25, -0.2) is 9.45 Å². The Bertz CT molecular complexity index is 269. The van der Waals surface area contributed by atoms with E-state index in [4.69, 9.17) is 4.84 Å². The van der Waals surface area contributed by atoms with Gasteiger partial charge in [-0.3, -0.25) is 9.63 Å². The van der Waals surface area contributed by atoms with Crippen molar-refractivity contribution in [3.63, 3.8) is 0 Å². The Morgan fingerprint density at radius 1 is 1.20 bits per heavy atom. The zero-order valence-corrected chi connectivity index (χ0v) is 13.2. The van der Waals surface area contributed by atoms with E-state index >= 15 is 0 Å². The van der Waals surface area contributed by atoms with Crippen LogP contribution in [-0.2, 0) is 9.63 Å². The van der Waals surface area contributed by atoms with Gasteiger partial charge in [-0.2, -0.15) is 0 Å². The summed E-state index contributed by atoms with van der Waals surface area (Å²) in [7, 11) is 2.91. The molecule has 0 N–H and O–H groups in total. The number of hydrogen-bond donors (Lipinski definition) is 0. The second-order valence-corrected chi connectivity index (χ2v) is 5.10. The zero-order chi connectivity index (χ0) is 15.2. The van der Waals surface area contributed by atoms with Crippen molar-refractivity contribution in [1.29, 1.82) is 0 Å². The average Bonchev–Trinajstić information content (AvgIpc) is 2.44. The molecular formula is C16H30FNO2. The quantitative estimate of drug-likeness (QED) is 0.302. The van der Waals surface area contributed by atoms with Crippen LogP contribution in [0.4, 0.5) is 4.39 Å². The fourth-order valence-corrected chi connectivity index (χ4v) is 1.96. The maximum Gasteiger partial charge on any atom is 0.248 e. The first-order valence-corrected chi connectivity index (χ1v) is 7.71. The smallest absolute Gasteiger partial charge is 0.248 e. The first kappa shape index (κ1) is 19.1. The molecule has 0 saturated carbocycles. The molecule has 0 aromatic heterocycles. The van der Waals surface area contributed by atoms with Crippen molar-refractivity contribution < 1.29 is 14.0 Å². The summed E-state index contributed by atoms with van der Waals surface area (Å²) in [5.74, 6) is -0.303. The number of halogens is 1. The molecular weight excluding hydrogens is 257 g/mol. The minimum absolute atomic E-state index is 0.0772. The number of allylic oxidation sites excluding steroid dienone is 2. The van der Waals surface area contributed by atoms with E-state index in [9.17, 15) is 9.18 Å². The number of unbranched alkanes of at least 4 members (excludes halogenated alkanes) is 5. The van der Waals surface area contributed by atoms with Crippen molar-refractivity contribution in [3.05, 3.63) is 12.2 Å². The third-order valence-electron chi connectivity index (χ3n) is 3.31. The van der Waals surface area contributed by atoms with Crippen molar-refractivity contribution in [2.24, 2.45) is 0 Å². The van der Waals surface area contributed by atoms with Crippen LogP contribution in [-0.4, -0.2) is 31.3 Å². The summed E-state index contributed by atoms with van der Waals surface area (Å²) in [5, 5.41) is 1.08. The number of hydroxylamine groups is 2. The number of rotatable bonds is 12. The maximum atomic E-state index is 13.6. The lowest BCUT2D eigenvalue weighted by Gasteiger charge is -2.15. The van der Waals surface area contributed by atoms with Crippen molar-refractivity contribution in [3.8, 4) is 0 Å². The van der Waals surface area contributed by atoms with E-state index < -0.39 is 6.17 Å². The Morgan fingerprint density at radius 3 is 2.50 bits per heavy atom. The van der Waals surface area contributed by atoms with Gasteiger partial charge in [0.1, 0.15) is 6.17 Å². The molecule has 0 aliphatic rings. The van der Waals surface area contributed by atoms with Gasteiger partial charge in [0, 0.05) is 7.05 Å². The van der Waals surface area contributed by atoms with Gasteiger partial charge >= 0.3 is 0 Å². The molecule has 1 amide bonds. The molecule has 3 nitrogen and oxygen atoms in total. The van der Waals surface area contributed by atoms with E-state index in [2.05, 4.69) is 19.1 Å². The number of carbonyl (C=O) groups is 1. The van der Waals surface area contributed by atoms with Crippen LogP contribution in [0, 0.1) is 0 Å². The fourth-order valence-electron chi connectivity index (χ4n) is 1.96. The molecule has 0 aromatic carbocycles. The van der Waals surface area contributed by atoms with Crippen LogP contribution >= 0.6 is 0 Å². The normalized spacial score (nSPS) is 12.8. The van der Waals surface area contributed by atoms with Crippen LogP contribution in [0.15, 0.2) is 12.2 Å². The molecule has 1 unspecified atom stereocenters. The Balaban J connectivity index is 3.41. The topological polar surface area (TPSA) is 29.5 Å². The summed E-state index contributed by atoms with van der Waals surface area (Å²) in [6.07, 6.45) is 11.5. The second-order valence-electron chi connectivity index (χ2n) is 5.10. The van der Waals surface area contributed by atoms with E-state index in [-0.39, 0.29) is 12.3 Å². The highest BCUT2D eigenvalue weighted by Gasteiger charge is 2.15. The molecule has 20 heavy (non-hydrogen) atoms. The third-order valence-corrected chi connectivity index (χ3v) is 3.31. The summed E-state index contributed by atoms with van der Waals surface area (Å²) in [5.41, 5.74) is 0. The molecule has 0 heterocycles. The van der Waals surface area contributed by atoms with Crippen LogP contribution in [0.2, 0.25) is 0 Å². The zero-order valence-electron chi connectivity index (χ0n) is 13.2. The van der Waals surface area contributed by atoms with Crippen molar-refractivity contribution >= 4 is 5.91 Å². The predicted molar refractivity (Wildman–Crippen MR) is 81.0 cm³/mol. The number of hydrogen-bond acceptors (Lipinski definition) is 2. The molecule has 0 spiro atoms. The van der Waals surface area contributed by atoms with Gasteiger partial charge < -0.3 is 0 Å². The summed E-state index contributed by atoms with van der Waals surface area (Å²) in [6, 6.07) is 0. The van der Waals surface area contributed by atoms with Gasteiger partial charge in [-0.05, 0) is 25.7 Å². The minimum atomic E-state index is -1.05. The lowest BCUT2D eigenvalue weighted by Crippen LogP contribution is -2.27. The molecule has 0 aliphatic heterocycles. The Morgan fingerprint density at radius 2 is 1.85 bits per heavy atom. The standard InChI is InChI=1S/C16H30FNO2/c1-4-5-6-7-8-9-10-11-12-13-15(17)14-16(19)18(2)20-3/h5-6,15H,4,7-14H2,1-3H3. The molecule has 0 fully saturated rings. The fraction of sp³-hybridized carbons (Fsp3) is 0.812. The molecule has 0 rings (SSSR count). The second kappa shape index (κ2) is 13.1. The summed E-state index contributed by atoms with van der Waals surface area (Å²) in [4.78, 5) is 16.1. The molecule has 0 saturated heterocycles. The Kier molecular flexibility index (Phi) is 12.5. The van der Waals surface area contributed by atoms with Gasteiger partial charge in [-0.15, -0.1) is 0 Å². The van der Waals surface area contributed by atoms with Gasteiger partial charge in [0.15, 0.2) is 0 Å². The number of amides is 1. The lowest BCUT2D eigenvalue weighted by molar-refractivity contribution is -0.169. The van der Waals surface area contributed by atoms with E-state index in [1.165, 1.54) is 27.0 Å². The monoisotopic (exact) mass is 287 g/mol. The highest BCUT2D eigenvalue weighted by atomic mass is 19.1. The van der Waals surface area contributed by atoms with E-state index in [1.807, 2.05) is 0 Å². The van der Waals surface area contributed by atoms with Crippen LogP contribution in [0.1, 0.15) is 64.7 Å². The van der Waals surface area contributed by atoms with Crippen molar-refractivity contribution in [2.75, 3.05) is 14.2 Å². The Hall–Kier alpha value is -0.900. The van der Waals surface area contributed by atoms with Crippen LogP contribution in [0.5, 0.6) is 0 Å². The molecule has 0 aromatic rings. The highest BCUT2D eigenvalue weighted by Crippen LogP contribution is 2.13. The summed E-state index contributed by atoms with van der Waals surface area (Å²) >= 11 is 0. The van der Waals surface area contributed by atoms with Crippen molar-refractivity contribution in [2.45, 2.75) is 70.9 Å². The number of carbonyl (C=O) groups excluding carboxylic acids is 1. The first-order valence-electron chi connectivity index (χ1n) is 7.71. The molecule has 4 heteroatoms. The largest absolute Gasteiger partial charge is 0.275 e. The minimum Gasteiger partial charge on any atom is -0.275 e. The predicted octanol–water partition coefficient (Wildman–Crippen LogP) is 4.43. The SMILES string of the molecule is CCC=CCCCCCCCC(F)CC(=O)N(C)OC. The van der Waals surface area contributed by atoms with E-state index in [0.717, 1.165) is 37.2 Å². The van der Waals surface area contributed by atoms with Crippen LogP contribution < -0.4 is 0 Å². The molecule has 1 atom stereocenters. The third kappa shape index (κ3) is 11.0. The van der Waals surface area contributed by atoms with E-state index in [0.29, 0.717) is 6.42 Å². The summed E-state index contributed by atoms with van der Waals surface area (Å²) in [6.45, 7) is 2.14. The van der Waals surface area contributed by atoms with Crippen molar-refractivity contribution in [1.82, 2.24) is 5.06 Å². The van der Waals surface area contributed by atoms with Gasteiger partial charge in [0.2, 0.25) is 5.91 Å². The molecule has 0 aliphatic carbocycles. The highest BCUT2D eigenvalue weighted by molar-refractivity contribution is 5.75. The molecule has 118 valence electrons. The number of alkyl halides is 1. The van der Waals surface area contributed by atoms with Crippen LogP contribution in [0.25, 0.3) is 0 Å². The maximum absolute atomic E-state index is 13.6. The average molecular weight is 287 g/mol. The van der Waals surface area contributed by atoms with Gasteiger partial charge in [0.25, 0.3) is 0 Å². The van der Waals surface area contributed by atoms with E-state index in [1.54, 1.807) is 0 Å². The number of nitrogens with zero attached hydrogens (tertiary/aromatic N) is 1. The molecule has 0 radical (unpaired) electrons.